The molecule has 160 valence electrons. The molecule has 0 spiro atoms. The highest BCUT2D eigenvalue weighted by molar-refractivity contribution is 14.0. The number of nitrogens with zero attached hydrogens (tertiary/aromatic N) is 2. The molecule has 1 aromatic heterocycles. The van der Waals surface area contributed by atoms with E-state index in [-0.39, 0.29) is 35.8 Å². The molecule has 0 aliphatic heterocycles. The summed E-state index contributed by atoms with van der Waals surface area (Å²) in [6.45, 7) is 7.98. The van der Waals surface area contributed by atoms with Gasteiger partial charge in [0.05, 0.1) is 29.9 Å². The molecular weight excluding hydrogens is 502 g/mol. The van der Waals surface area contributed by atoms with Crippen molar-refractivity contribution in [2.45, 2.75) is 52.6 Å². The van der Waals surface area contributed by atoms with E-state index in [0.29, 0.717) is 30.8 Å². The van der Waals surface area contributed by atoms with Crippen molar-refractivity contribution in [1.29, 1.82) is 0 Å². The van der Waals surface area contributed by atoms with Crippen molar-refractivity contribution in [3.8, 4) is 5.75 Å². The highest BCUT2D eigenvalue weighted by atomic mass is 127. The largest absolute Gasteiger partial charge is 0.490 e. The first kappa shape index (κ1) is 23.9. The van der Waals surface area contributed by atoms with Gasteiger partial charge in [0.15, 0.2) is 17.5 Å². The van der Waals surface area contributed by atoms with Gasteiger partial charge < -0.3 is 15.4 Å². The van der Waals surface area contributed by atoms with Gasteiger partial charge in [-0.05, 0) is 56.7 Å². The van der Waals surface area contributed by atoms with E-state index >= 15 is 0 Å². The lowest BCUT2D eigenvalue weighted by molar-refractivity contribution is 0.285. The minimum absolute atomic E-state index is 0. The number of hydrogen-bond acceptors (Lipinski definition) is 4. The maximum absolute atomic E-state index is 14.4. The molecule has 1 aromatic carbocycles. The fourth-order valence-electron chi connectivity index (χ4n) is 2.75. The third kappa shape index (κ3) is 7.40. The second-order valence-electron chi connectivity index (χ2n) is 7.09. The minimum atomic E-state index is -0.316. The number of benzene rings is 1. The molecule has 2 N–H and O–H groups in total. The summed E-state index contributed by atoms with van der Waals surface area (Å²) in [7, 11) is 0. The third-order valence-electron chi connectivity index (χ3n) is 4.63. The molecule has 1 unspecified atom stereocenters. The van der Waals surface area contributed by atoms with Crippen LogP contribution in [-0.2, 0) is 13.0 Å². The average Bonchev–Trinajstić information content (AvgIpc) is 3.41. The summed E-state index contributed by atoms with van der Waals surface area (Å²) in [5.41, 5.74) is 1.82. The molecule has 1 saturated carbocycles. The Balaban J connectivity index is 0.00000300. The molecule has 0 amide bonds. The van der Waals surface area contributed by atoms with E-state index in [9.17, 15) is 4.39 Å². The molecule has 1 atom stereocenters. The highest BCUT2D eigenvalue weighted by Crippen LogP contribution is 2.30. The second-order valence-corrected chi connectivity index (χ2v) is 8.03. The van der Waals surface area contributed by atoms with Crippen LogP contribution in [-0.4, -0.2) is 24.1 Å². The van der Waals surface area contributed by atoms with Crippen LogP contribution in [0.2, 0.25) is 0 Å². The third-order valence-corrected chi connectivity index (χ3v) is 5.67. The Kier molecular flexibility index (Phi) is 9.61. The number of ether oxygens (including phenoxy) is 1. The van der Waals surface area contributed by atoms with Gasteiger partial charge in [0.2, 0.25) is 0 Å². The average molecular weight is 532 g/mol. The van der Waals surface area contributed by atoms with Gasteiger partial charge in [0, 0.05) is 11.9 Å². The predicted molar refractivity (Wildman–Crippen MR) is 128 cm³/mol. The molecule has 1 aliphatic carbocycles. The topological polar surface area (TPSA) is 58.5 Å². The maximum atomic E-state index is 14.4. The van der Waals surface area contributed by atoms with E-state index in [1.54, 1.807) is 17.4 Å². The van der Waals surface area contributed by atoms with Gasteiger partial charge in [-0.2, -0.15) is 0 Å². The summed E-state index contributed by atoms with van der Waals surface area (Å²) in [6.07, 6.45) is 3.32. The highest BCUT2D eigenvalue weighted by Gasteiger charge is 2.22. The van der Waals surface area contributed by atoms with Crippen LogP contribution in [0.25, 0.3) is 0 Å². The number of nitrogens with one attached hydrogen (secondary N) is 2. The standard InChI is InChI=1S/C21H29FN4OS.HI/c1-4-20-26-17(13-28-20)11-24-21(23-5-2)25-14(3)16-8-9-19(18(22)10-16)27-12-15-6-7-15;/h8-10,13-15H,4-7,11-12H2,1-3H3,(H2,23,24,25);1H. The molecule has 1 aliphatic rings. The Morgan fingerprint density at radius 3 is 2.79 bits per heavy atom. The number of halogens is 2. The first-order chi connectivity index (χ1) is 13.6. The van der Waals surface area contributed by atoms with Gasteiger partial charge in [0.25, 0.3) is 0 Å². The molecule has 29 heavy (non-hydrogen) atoms. The van der Waals surface area contributed by atoms with Crippen LogP contribution in [0, 0.1) is 11.7 Å². The zero-order valence-corrected chi connectivity index (χ0v) is 20.4. The number of aliphatic imine (C=N–C) groups is 1. The van der Waals surface area contributed by atoms with Gasteiger partial charge in [-0.3, -0.25) is 0 Å². The fourth-order valence-corrected chi connectivity index (χ4v) is 3.48. The molecule has 5 nitrogen and oxygen atoms in total. The second kappa shape index (κ2) is 11.7. The first-order valence-electron chi connectivity index (χ1n) is 9.99. The van der Waals surface area contributed by atoms with Gasteiger partial charge >= 0.3 is 0 Å². The molecule has 0 saturated heterocycles. The van der Waals surface area contributed by atoms with Crippen LogP contribution >= 0.6 is 35.3 Å². The molecule has 1 heterocycles. The summed E-state index contributed by atoms with van der Waals surface area (Å²) in [6, 6.07) is 5.07. The number of aryl methyl sites for hydroxylation is 1. The predicted octanol–water partition coefficient (Wildman–Crippen LogP) is 5.07. The summed E-state index contributed by atoms with van der Waals surface area (Å²) in [5, 5.41) is 9.74. The van der Waals surface area contributed by atoms with Crippen molar-refractivity contribution in [2.24, 2.45) is 10.9 Å². The zero-order chi connectivity index (χ0) is 19.9. The molecule has 2 aromatic rings. The Morgan fingerprint density at radius 1 is 1.38 bits per heavy atom. The van der Waals surface area contributed by atoms with E-state index in [1.807, 2.05) is 25.3 Å². The summed E-state index contributed by atoms with van der Waals surface area (Å²) >= 11 is 1.66. The van der Waals surface area contributed by atoms with E-state index in [0.717, 1.165) is 29.2 Å². The molecule has 1 fully saturated rings. The SMILES string of the molecule is CCNC(=NCc1csc(CC)n1)NC(C)c1ccc(OCC2CC2)c(F)c1.I. The number of thiazole rings is 1. The van der Waals surface area contributed by atoms with Crippen molar-refractivity contribution in [2.75, 3.05) is 13.2 Å². The molecule has 8 heteroatoms. The first-order valence-corrected chi connectivity index (χ1v) is 10.9. The zero-order valence-electron chi connectivity index (χ0n) is 17.2. The Hall–Kier alpha value is -1.42. The molecule has 0 radical (unpaired) electrons. The minimum Gasteiger partial charge on any atom is -0.490 e. The van der Waals surface area contributed by atoms with Crippen molar-refractivity contribution in [3.63, 3.8) is 0 Å². The number of rotatable bonds is 9. The monoisotopic (exact) mass is 532 g/mol. The van der Waals surface area contributed by atoms with E-state index < -0.39 is 0 Å². The van der Waals surface area contributed by atoms with Crippen molar-refractivity contribution >= 4 is 41.3 Å². The van der Waals surface area contributed by atoms with Gasteiger partial charge in [0.1, 0.15) is 0 Å². The van der Waals surface area contributed by atoms with Gasteiger partial charge in [-0.15, -0.1) is 35.3 Å². The van der Waals surface area contributed by atoms with Gasteiger partial charge in [-0.25, -0.2) is 14.4 Å². The lowest BCUT2D eigenvalue weighted by atomic mass is 10.1. The Labute approximate surface area is 193 Å². The normalized spacial score (nSPS) is 14.8. The summed E-state index contributed by atoms with van der Waals surface area (Å²) in [4.78, 5) is 9.16. The summed E-state index contributed by atoms with van der Waals surface area (Å²) < 4.78 is 19.9. The van der Waals surface area contributed by atoms with E-state index in [2.05, 4.69) is 27.5 Å². The van der Waals surface area contributed by atoms with Crippen LogP contribution in [0.3, 0.4) is 0 Å². The van der Waals surface area contributed by atoms with Gasteiger partial charge in [-0.1, -0.05) is 13.0 Å². The summed E-state index contributed by atoms with van der Waals surface area (Å²) in [5.74, 6) is 1.31. The van der Waals surface area contributed by atoms with Crippen LogP contribution in [0.15, 0.2) is 28.6 Å². The van der Waals surface area contributed by atoms with Crippen LogP contribution < -0.4 is 15.4 Å². The van der Waals surface area contributed by atoms with Crippen LogP contribution in [0.5, 0.6) is 5.75 Å². The lowest BCUT2D eigenvalue weighted by Crippen LogP contribution is -2.38. The lowest BCUT2D eigenvalue weighted by Gasteiger charge is -2.19. The molecule has 0 bridgehead atoms. The number of aromatic nitrogens is 1. The van der Waals surface area contributed by atoms with Crippen molar-refractivity contribution in [3.05, 3.63) is 45.7 Å². The smallest absolute Gasteiger partial charge is 0.192 e. The van der Waals surface area contributed by atoms with Crippen molar-refractivity contribution in [1.82, 2.24) is 15.6 Å². The Morgan fingerprint density at radius 2 is 2.17 bits per heavy atom. The number of guanidine groups is 1. The van der Waals surface area contributed by atoms with E-state index in [1.165, 1.54) is 18.9 Å². The molecule has 3 rings (SSSR count). The number of hydrogen-bond donors (Lipinski definition) is 2. The van der Waals surface area contributed by atoms with Crippen LogP contribution in [0.1, 0.15) is 55.9 Å². The van der Waals surface area contributed by atoms with Crippen LogP contribution in [0.4, 0.5) is 4.39 Å². The quantitative estimate of drug-likeness (QED) is 0.269. The van der Waals surface area contributed by atoms with Crippen molar-refractivity contribution < 1.29 is 9.13 Å². The maximum Gasteiger partial charge on any atom is 0.192 e. The van der Waals surface area contributed by atoms with E-state index in [4.69, 9.17) is 4.74 Å². The fraction of sp³-hybridized carbons (Fsp3) is 0.524. The molecular formula is C21H30FIN4OS. The Bertz CT molecular complexity index is 810.